The lowest BCUT2D eigenvalue weighted by Gasteiger charge is -2.22. The number of nitro groups is 1. The third-order valence-corrected chi connectivity index (χ3v) is 8.50. The van der Waals surface area contributed by atoms with Crippen molar-refractivity contribution in [3.63, 3.8) is 0 Å². The van der Waals surface area contributed by atoms with Crippen molar-refractivity contribution in [3.05, 3.63) is 105 Å². The molecule has 1 N–H and O–H groups in total. The van der Waals surface area contributed by atoms with Gasteiger partial charge >= 0.3 is 0 Å². The van der Waals surface area contributed by atoms with Crippen LogP contribution in [0.2, 0.25) is 0 Å². The number of amides is 2. The zero-order chi connectivity index (χ0) is 32.1. The summed E-state index contributed by atoms with van der Waals surface area (Å²) in [5.74, 6) is 1.29. The second-order valence-electron chi connectivity index (χ2n) is 10.1. The van der Waals surface area contributed by atoms with E-state index in [-0.39, 0.29) is 41.1 Å². The average molecular weight is 630 g/mol. The molecule has 2 heterocycles. The molecule has 1 atom stereocenters. The third-order valence-electron chi connectivity index (χ3n) is 7.49. The Morgan fingerprint density at radius 1 is 1.02 bits per heavy atom. The molecule has 0 saturated heterocycles. The number of hydrazone groups is 1. The number of aromatic nitrogens is 3. The fourth-order valence-corrected chi connectivity index (χ4v) is 5.71. The summed E-state index contributed by atoms with van der Waals surface area (Å²) in [6.45, 7) is 1.57. The Balaban J connectivity index is 1.27. The van der Waals surface area contributed by atoms with E-state index in [0.29, 0.717) is 17.4 Å². The van der Waals surface area contributed by atoms with E-state index in [1.54, 1.807) is 25.8 Å². The molecule has 0 fully saturated rings. The van der Waals surface area contributed by atoms with Crippen molar-refractivity contribution in [1.82, 2.24) is 25.1 Å². The standard InChI is InChI=1S/C31H31N7O6S/c1-19-24(6-5-7-26(19)38(41)42)30(40)32-17-28-33-34-31(36(28)2)45-18-29(39)37-27(21-10-14-23(44-4)15-11-21)16-25(35-37)20-8-12-22(43-3)13-9-20/h5-15,27H,16-18H2,1-4H3,(H,32,40)/t27-/m0/s1. The lowest BCUT2D eigenvalue weighted by molar-refractivity contribution is -0.385. The maximum Gasteiger partial charge on any atom is 0.273 e. The Kier molecular flexibility index (Phi) is 9.42. The SMILES string of the molecule is COc1ccc(C2=NN(C(=O)CSc3nnc(CNC(=O)c4cccc([N+](=O)[O-])c4C)n3C)[C@H](c3ccc(OC)cc3)C2)cc1. The molecule has 2 amide bonds. The van der Waals surface area contributed by atoms with Crippen LogP contribution in [0, 0.1) is 17.0 Å². The molecule has 5 rings (SSSR count). The maximum atomic E-state index is 13.6. The van der Waals surface area contributed by atoms with Gasteiger partial charge in [-0.3, -0.25) is 19.7 Å². The van der Waals surface area contributed by atoms with Crippen LogP contribution in [0.3, 0.4) is 0 Å². The Hall–Kier alpha value is -5.24. The van der Waals surface area contributed by atoms with Crippen LogP contribution in [-0.2, 0) is 18.4 Å². The highest BCUT2D eigenvalue weighted by Crippen LogP contribution is 2.35. The molecular weight excluding hydrogens is 598 g/mol. The first-order chi connectivity index (χ1) is 21.7. The van der Waals surface area contributed by atoms with Gasteiger partial charge in [0.2, 0.25) is 0 Å². The number of nitrogens with one attached hydrogen (secondary N) is 1. The minimum Gasteiger partial charge on any atom is -0.497 e. The van der Waals surface area contributed by atoms with Crippen molar-refractivity contribution < 1.29 is 24.0 Å². The molecule has 232 valence electrons. The average Bonchev–Trinajstić information content (AvgIpc) is 3.66. The molecule has 14 heteroatoms. The van der Waals surface area contributed by atoms with Crippen LogP contribution in [-0.4, -0.2) is 62.2 Å². The van der Waals surface area contributed by atoms with E-state index in [1.807, 2.05) is 48.5 Å². The zero-order valence-electron chi connectivity index (χ0n) is 25.1. The summed E-state index contributed by atoms with van der Waals surface area (Å²) in [6.07, 6.45) is 0.535. The number of carbonyl (C=O) groups is 2. The number of methoxy groups -OCH3 is 2. The smallest absolute Gasteiger partial charge is 0.273 e. The van der Waals surface area contributed by atoms with E-state index in [2.05, 4.69) is 15.5 Å². The lowest BCUT2D eigenvalue weighted by atomic mass is 9.98. The van der Waals surface area contributed by atoms with E-state index in [0.717, 1.165) is 28.3 Å². The van der Waals surface area contributed by atoms with Gasteiger partial charge in [0, 0.05) is 30.7 Å². The topological polar surface area (TPSA) is 154 Å². The highest BCUT2D eigenvalue weighted by Gasteiger charge is 2.33. The largest absolute Gasteiger partial charge is 0.497 e. The molecule has 0 radical (unpaired) electrons. The molecule has 0 saturated carbocycles. The van der Waals surface area contributed by atoms with E-state index < -0.39 is 10.8 Å². The van der Waals surface area contributed by atoms with E-state index >= 15 is 0 Å². The van der Waals surface area contributed by atoms with Crippen LogP contribution < -0.4 is 14.8 Å². The quantitative estimate of drug-likeness (QED) is 0.144. The van der Waals surface area contributed by atoms with Crippen LogP contribution >= 0.6 is 11.8 Å². The predicted octanol–water partition coefficient (Wildman–Crippen LogP) is 4.45. The first kappa shape index (κ1) is 31.2. The normalized spacial score (nSPS) is 14.2. The van der Waals surface area contributed by atoms with Gasteiger partial charge in [-0.25, -0.2) is 5.01 Å². The molecule has 4 aromatic rings. The van der Waals surface area contributed by atoms with Crippen LogP contribution in [0.25, 0.3) is 0 Å². The minimum absolute atomic E-state index is 0.0418. The molecule has 1 aliphatic heterocycles. The summed E-state index contributed by atoms with van der Waals surface area (Å²) in [5.41, 5.74) is 2.97. The van der Waals surface area contributed by atoms with Gasteiger partial charge in [0.15, 0.2) is 11.0 Å². The highest BCUT2D eigenvalue weighted by molar-refractivity contribution is 7.99. The van der Waals surface area contributed by atoms with Gasteiger partial charge in [-0.15, -0.1) is 10.2 Å². The summed E-state index contributed by atoms with van der Waals surface area (Å²) in [7, 11) is 4.95. The summed E-state index contributed by atoms with van der Waals surface area (Å²) < 4.78 is 12.3. The molecule has 1 aromatic heterocycles. The van der Waals surface area contributed by atoms with Crippen molar-refractivity contribution in [3.8, 4) is 11.5 Å². The van der Waals surface area contributed by atoms with E-state index in [4.69, 9.17) is 14.6 Å². The number of nitro benzene ring substituents is 1. The molecular formula is C31H31N7O6S. The number of ether oxygens (including phenoxy) is 2. The van der Waals surface area contributed by atoms with E-state index in [1.165, 1.54) is 41.9 Å². The highest BCUT2D eigenvalue weighted by atomic mass is 32.2. The van der Waals surface area contributed by atoms with Gasteiger partial charge in [-0.05, 0) is 60.5 Å². The van der Waals surface area contributed by atoms with Crippen molar-refractivity contribution in [2.45, 2.75) is 31.1 Å². The van der Waals surface area contributed by atoms with Gasteiger partial charge < -0.3 is 19.4 Å². The first-order valence-electron chi connectivity index (χ1n) is 13.9. The molecule has 0 aliphatic carbocycles. The molecule has 0 unspecified atom stereocenters. The second kappa shape index (κ2) is 13.6. The Bertz CT molecular complexity index is 1760. The minimum atomic E-state index is -0.522. The van der Waals surface area contributed by atoms with Gasteiger partial charge in [-0.1, -0.05) is 30.0 Å². The number of hydrogen-bond donors (Lipinski definition) is 1. The molecule has 0 spiro atoms. The van der Waals surface area contributed by atoms with Gasteiger partial charge in [0.25, 0.3) is 17.5 Å². The number of nitrogens with zero attached hydrogens (tertiary/aromatic N) is 6. The van der Waals surface area contributed by atoms with Gasteiger partial charge in [0.1, 0.15) is 11.5 Å². The fraction of sp³-hybridized carbons (Fsp3) is 0.258. The number of carbonyl (C=O) groups excluding carboxylic acids is 2. The predicted molar refractivity (Wildman–Crippen MR) is 167 cm³/mol. The summed E-state index contributed by atoms with van der Waals surface area (Å²) >= 11 is 1.21. The van der Waals surface area contributed by atoms with Gasteiger partial charge in [0.05, 0.1) is 43.2 Å². The molecule has 45 heavy (non-hydrogen) atoms. The molecule has 0 bridgehead atoms. The van der Waals surface area contributed by atoms with Crippen molar-refractivity contribution in [1.29, 1.82) is 0 Å². The zero-order valence-corrected chi connectivity index (χ0v) is 25.9. The van der Waals surface area contributed by atoms with Crippen LogP contribution in [0.1, 0.15) is 45.3 Å². The number of thioether (sulfide) groups is 1. The Labute approximate surface area is 263 Å². The summed E-state index contributed by atoms with van der Waals surface area (Å²) in [6, 6.07) is 19.2. The number of rotatable bonds is 11. The number of hydrogen-bond acceptors (Lipinski definition) is 10. The van der Waals surface area contributed by atoms with Crippen LogP contribution in [0.5, 0.6) is 11.5 Å². The molecule has 13 nitrogen and oxygen atoms in total. The Morgan fingerprint density at radius 2 is 1.69 bits per heavy atom. The monoisotopic (exact) mass is 629 g/mol. The fourth-order valence-electron chi connectivity index (χ4n) is 4.92. The van der Waals surface area contributed by atoms with Crippen LogP contribution in [0.15, 0.2) is 77.0 Å². The summed E-state index contributed by atoms with van der Waals surface area (Å²) in [4.78, 5) is 37.1. The van der Waals surface area contributed by atoms with E-state index in [9.17, 15) is 19.7 Å². The second-order valence-corrected chi connectivity index (χ2v) is 11.1. The van der Waals surface area contributed by atoms with Crippen LogP contribution in [0.4, 0.5) is 5.69 Å². The Morgan fingerprint density at radius 3 is 2.33 bits per heavy atom. The molecule has 1 aliphatic rings. The lowest BCUT2D eigenvalue weighted by Crippen LogP contribution is -2.28. The summed E-state index contributed by atoms with van der Waals surface area (Å²) in [5, 5.41) is 29.1. The molecule has 3 aromatic carbocycles. The van der Waals surface area contributed by atoms with Crippen molar-refractivity contribution in [2.75, 3.05) is 20.0 Å². The first-order valence-corrected chi connectivity index (χ1v) is 14.9. The third kappa shape index (κ3) is 6.80. The van der Waals surface area contributed by atoms with Crippen molar-refractivity contribution in [2.24, 2.45) is 12.1 Å². The maximum absolute atomic E-state index is 13.6. The number of benzene rings is 3. The van der Waals surface area contributed by atoms with Gasteiger partial charge in [-0.2, -0.15) is 5.10 Å². The van der Waals surface area contributed by atoms with Crippen molar-refractivity contribution >= 4 is 35.0 Å².